The number of amides is 1. The molecule has 1 amide bonds. The molecule has 0 aliphatic rings. The largest absolute Gasteiger partial charge is 0.310 e. The van der Waals surface area contributed by atoms with Crippen molar-refractivity contribution in [1.29, 1.82) is 0 Å². The third-order valence-electron chi connectivity index (χ3n) is 3.46. The number of hydrogen-bond acceptors (Lipinski definition) is 4. The van der Waals surface area contributed by atoms with Crippen LogP contribution in [-0.4, -0.2) is 25.9 Å². The van der Waals surface area contributed by atoms with Gasteiger partial charge in [0.2, 0.25) is 5.91 Å². The van der Waals surface area contributed by atoms with Gasteiger partial charge in [0.25, 0.3) is 0 Å². The normalized spacial score (nSPS) is 10.7. The molecule has 2 heterocycles. The number of hydrogen-bond donors (Lipinski definition) is 1. The highest BCUT2D eigenvalue weighted by Crippen LogP contribution is 2.16. The summed E-state index contributed by atoms with van der Waals surface area (Å²) in [7, 11) is 0. The van der Waals surface area contributed by atoms with Crippen molar-refractivity contribution in [2.24, 2.45) is 0 Å². The molecule has 25 heavy (non-hydrogen) atoms. The third-order valence-corrected chi connectivity index (χ3v) is 3.46. The first-order valence-corrected chi connectivity index (χ1v) is 7.53. The lowest BCUT2D eigenvalue weighted by Gasteiger charge is -2.08. The number of aryl methyl sites for hydroxylation is 2. The lowest BCUT2D eigenvalue weighted by atomic mass is 10.1. The van der Waals surface area contributed by atoms with Gasteiger partial charge in [0.1, 0.15) is 17.5 Å². The summed E-state index contributed by atoms with van der Waals surface area (Å²) in [5, 5.41) is 14.9. The Morgan fingerprint density at radius 1 is 1.08 bits per heavy atom. The SMILES string of the molecule is Cc1ccc(-n2nc(C)cc2NC(=O)Cc2cc(F)ccc2F)nn1. The van der Waals surface area contributed by atoms with Gasteiger partial charge in [-0.3, -0.25) is 4.79 Å². The van der Waals surface area contributed by atoms with Gasteiger partial charge in [-0.1, -0.05) is 0 Å². The van der Waals surface area contributed by atoms with Gasteiger partial charge in [-0.05, 0) is 44.2 Å². The number of nitrogens with one attached hydrogen (secondary N) is 1. The van der Waals surface area contributed by atoms with Crippen LogP contribution in [0.25, 0.3) is 5.82 Å². The molecule has 2 aromatic heterocycles. The van der Waals surface area contributed by atoms with E-state index in [2.05, 4.69) is 20.6 Å². The first kappa shape index (κ1) is 16.7. The van der Waals surface area contributed by atoms with E-state index < -0.39 is 17.5 Å². The molecule has 128 valence electrons. The summed E-state index contributed by atoms with van der Waals surface area (Å²) < 4.78 is 28.3. The summed E-state index contributed by atoms with van der Waals surface area (Å²) in [4.78, 5) is 12.2. The van der Waals surface area contributed by atoms with Crippen molar-refractivity contribution < 1.29 is 13.6 Å². The Morgan fingerprint density at radius 2 is 1.88 bits per heavy atom. The van der Waals surface area contributed by atoms with Crippen LogP contribution in [0.4, 0.5) is 14.6 Å². The van der Waals surface area contributed by atoms with Gasteiger partial charge in [0.05, 0.1) is 17.8 Å². The molecule has 3 aromatic rings. The van der Waals surface area contributed by atoms with E-state index in [0.717, 1.165) is 23.9 Å². The van der Waals surface area contributed by atoms with E-state index >= 15 is 0 Å². The predicted octanol–water partition coefficient (Wildman–Crippen LogP) is 2.74. The van der Waals surface area contributed by atoms with E-state index in [4.69, 9.17) is 0 Å². The van der Waals surface area contributed by atoms with E-state index in [9.17, 15) is 13.6 Å². The van der Waals surface area contributed by atoms with Crippen molar-refractivity contribution in [3.8, 4) is 5.82 Å². The number of nitrogens with zero attached hydrogens (tertiary/aromatic N) is 4. The molecule has 8 heteroatoms. The second-order valence-electron chi connectivity index (χ2n) is 5.58. The molecule has 3 rings (SSSR count). The van der Waals surface area contributed by atoms with Crippen LogP contribution in [0, 0.1) is 25.5 Å². The zero-order valence-corrected chi connectivity index (χ0v) is 13.6. The maximum absolute atomic E-state index is 13.7. The van der Waals surface area contributed by atoms with E-state index in [1.54, 1.807) is 32.0 Å². The van der Waals surface area contributed by atoms with Gasteiger partial charge in [-0.15, -0.1) is 5.10 Å². The summed E-state index contributed by atoms with van der Waals surface area (Å²) in [6.07, 6.45) is -0.298. The van der Waals surface area contributed by atoms with Gasteiger partial charge in [-0.2, -0.15) is 14.9 Å². The van der Waals surface area contributed by atoms with Crippen molar-refractivity contribution in [3.63, 3.8) is 0 Å². The zero-order chi connectivity index (χ0) is 18.0. The van der Waals surface area contributed by atoms with Gasteiger partial charge in [-0.25, -0.2) is 8.78 Å². The van der Waals surface area contributed by atoms with E-state index in [1.165, 1.54) is 4.68 Å². The number of benzene rings is 1. The van der Waals surface area contributed by atoms with Crippen molar-refractivity contribution in [1.82, 2.24) is 20.0 Å². The second kappa shape index (κ2) is 6.76. The highest BCUT2D eigenvalue weighted by Gasteiger charge is 2.14. The van der Waals surface area contributed by atoms with Gasteiger partial charge < -0.3 is 5.32 Å². The van der Waals surface area contributed by atoms with Crippen LogP contribution in [0.3, 0.4) is 0 Å². The van der Waals surface area contributed by atoms with Gasteiger partial charge in [0.15, 0.2) is 5.82 Å². The van der Waals surface area contributed by atoms with Crippen molar-refractivity contribution in [3.05, 3.63) is 65.0 Å². The average molecular weight is 343 g/mol. The number of carbonyl (C=O) groups excluding carboxylic acids is 1. The average Bonchev–Trinajstić information content (AvgIpc) is 2.92. The van der Waals surface area contributed by atoms with Crippen LogP contribution in [-0.2, 0) is 11.2 Å². The number of aromatic nitrogens is 4. The molecule has 0 saturated carbocycles. The van der Waals surface area contributed by atoms with E-state index in [-0.39, 0.29) is 12.0 Å². The lowest BCUT2D eigenvalue weighted by molar-refractivity contribution is -0.115. The summed E-state index contributed by atoms with van der Waals surface area (Å²) in [5.41, 5.74) is 1.39. The topological polar surface area (TPSA) is 72.7 Å². The number of anilines is 1. The van der Waals surface area contributed by atoms with Crippen LogP contribution in [0.2, 0.25) is 0 Å². The first-order valence-electron chi connectivity index (χ1n) is 7.53. The molecule has 0 bridgehead atoms. The molecule has 0 aliphatic carbocycles. The molecular weight excluding hydrogens is 328 g/mol. The Balaban J connectivity index is 1.82. The Bertz CT molecular complexity index is 921. The van der Waals surface area contributed by atoms with Gasteiger partial charge >= 0.3 is 0 Å². The summed E-state index contributed by atoms with van der Waals surface area (Å²) in [6, 6.07) is 8.15. The van der Waals surface area contributed by atoms with Crippen molar-refractivity contribution >= 4 is 11.7 Å². The molecule has 0 unspecified atom stereocenters. The zero-order valence-electron chi connectivity index (χ0n) is 13.6. The highest BCUT2D eigenvalue weighted by molar-refractivity contribution is 5.91. The quantitative estimate of drug-likeness (QED) is 0.791. The summed E-state index contributed by atoms with van der Waals surface area (Å²) >= 11 is 0. The fraction of sp³-hybridized carbons (Fsp3) is 0.176. The Hall–Kier alpha value is -3.16. The first-order chi connectivity index (χ1) is 11.9. The third kappa shape index (κ3) is 3.85. The fourth-order valence-corrected chi connectivity index (χ4v) is 2.31. The molecular formula is C17H15F2N5O. The molecule has 1 N–H and O–H groups in total. The number of halogens is 2. The van der Waals surface area contributed by atoms with Crippen LogP contribution in [0.1, 0.15) is 17.0 Å². The van der Waals surface area contributed by atoms with E-state index in [0.29, 0.717) is 17.3 Å². The second-order valence-corrected chi connectivity index (χ2v) is 5.58. The monoisotopic (exact) mass is 343 g/mol. The molecule has 0 saturated heterocycles. The minimum atomic E-state index is -0.634. The lowest BCUT2D eigenvalue weighted by Crippen LogP contribution is -2.18. The fourth-order valence-electron chi connectivity index (χ4n) is 2.31. The van der Waals surface area contributed by atoms with Gasteiger partial charge in [0, 0.05) is 11.6 Å². The molecule has 6 nitrogen and oxygen atoms in total. The van der Waals surface area contributed by atoms with Crippen molar-refractivity contribution in [2.45, 2.75) is 20.3 Å². The smallest absolute Gasteiger partial charge is 0.230 e. The molecule has 1 aromatic carbocycles. The number of rotatable bonds is 4. The summed E-state index contributed by atoms with van der Waals surface area (Å²) in [5.74, 6) is -0.917. The van der Waals surface area contributed by atoms with E-state index in [1.807, 2.05) is 0 Å². The molecule has 0 atom stereocenters. The Kier molecular flexibility index (Phi) is 4.51. The minimum absolute atomic E-state index is 0.0181. The van der Waals surface area contributed by atoms with Crippen LogP contribution < -0.4 is 5.32 Å². The Labute approximate surface area is 142 Å². The maximum atomic E-state index is 13.7. The minimum Gasteiger partial charge on any atom is -0.310 e. The summed E-state index contributed by atoms with van der Waals surface area (Å²) in [6.45, 7) is 3.57. The molecule has 0 radical (unpaired) electrons. The predicted molar refractivity (Wildman–Crippen MR) is 87.3 cm³/mol. The standard InChI is InChI=1S/C17H15F2N5O/c1-10-3-6-15(22-21-10)24-16(7-11(2)23-24)20-17(25)9-12-8-13(18)4-5-14(12)19/h3-8H,9H2,1-2H3,(H,20,25). The number of carbonyl (C=O) groups is 1. The molecule has 0 aliphatic heterocycles. The van der Waals surface area contributed by atoms with Crippen LogP contribution >= 0.6 is 0 Å². The van der Waals surface area contributed by atoms with Crippen LogP contribution in [0.5, 0.6) is 0 Å². The molecule has 0 fully saturated rings. The highest BCUT2D eigenvalue weighted by atomic mass is 19.1. The Morgan fingerprint density at radius 3 is 2.60 bits per heavy atom. The maximum Gasteiger partial charge on any atom is 0.230 e. The van der Waals surface area contributed by atoms with Crippen molar-refractivity contribution in [2.75, 3.05) is 5.32 Å². The molecule has 0 spiro atoms. The van der Waals surface area contributed by atoms with Crippen LogP contribution in [0.15, 0.2) is 36.4 Å².